The molecule has 494 valence electrons. The first-order valence-corrected chi connectivity index (χ1v) is 33.0. The number of aliphatic hydroxyl groups excluding tert-OH is 11. The lowest BCUT2D eigenvalue weighted by molar-refractivity contribution is -0.379. The van der Waals surface area contributed by atoms with E-state index in [1.807, 2.05) is 0 Å². The summed E-state index contributed by atoms with van der Waals surface area (Å²) in [5.74, 6) is -0.248. The van der Waals surface area contributed by atoms with E-state index in [-0.39, 0.29) is 18.9 Å². The van der Waals surface area contributed by atoms with E-state index in [0.717, 1.165) is 89.9 Å². The van der Waals surface area contributed by atoms with Gasteiger partial charge in [-0.3, -0.25) is 4.79 Å². The molecule has 3 aliphatic heterocycles. The monoisotopic (exact) mass is 1210 g/mol. The molecule has 0 aliphatic carbocycles. The number of carbonyl (C=O) groups excluding carboxylic acids is 1. The van der Waals surface area contributed by atoms with E-state index in [1.165, 1.54) is 96.3 Å². The van der Waals surface area contributed by atoms with E-state index < -0.39 is 124 Å². The highest BCUT2D eigenvalue weighted by molar-refractivity contribution is 5.76. The third-order valence-electron chi connectivity index (χ3n) is 16.4. The first-order valence-electron chi connectivity index (χ1n) is 33.0. The first kappa shape index (κ1) is 76.7. The van der Waals surface area contributed by atoms with Crippen molar-refractivity contribution >= 4 is 5.91 Å². The molecule has 0 aromatic heterocycles. The van der Waals surface area contributed by atoms with E-state index >= 15 is 0 Å². The molecule has 3 heterocycles. The van der Waals surface area contributed by atoms with Gasteiger partial charge in [0, 0.05) is 6.42 Å². The maximum atomic E-state index is 13.3. The molecule has 3 rings (SSSR count). The molecule has 0 saturated carbocycles. The Labute approximate surface area is 509 Å². The average molecular weight is 1210 g/mol. The second kappa shape index (κ2) is 48.4. The van der Waals surface area contributed by atoms with Gasteiger partial charge in [0.1, 0.15) is 73.2 Å². The molecular weight excluding hydrogens is 1090 g/mol. The van der Waals surface area contributed by atoms with Crippen LogP contribution in [0, 0.1) is 0 Å². The van der Waals surface area contributed by atoms with Gasteiger partial charge in [-0.2, -0.15) is 0 Å². The molecule has 3 fully saturated rings. The van der Waals surface area contributed by atoms with Gasteiger partial charge in [-0.25, -0.2) is 0 Å². The molecule has 0 aromatic carbocycles. The van der Waals surface area contributed by atoms with Crippen LogP contribution in [0.5, 0.6) is 0 Å². The van der Waals surface area contributed by atoms with Crippen molar-refractivity contribution in [2.24, 2.45) is 0 Å². The van der Waals surface area contributed by atoms with E-state index in [0.29, 0.717) is 12.8 Å². The van der Waals surface area contributed by atoms with Gasteiger partial charge in [-0.1, -0.05) is 216 Å². The molecule has 1 amide bonds. The van der Waals surface area contributed by atoms with E-state index in [1.54, 1.807) is 0 Å². The average Bonchev–Trinajstić information content (AvgIpc) is 3.70. The summed E-state index contributed by atoms with van der Waals surface area (Å²) in [5.41, 5.74) is 0. The number of aliphatic hydroxyl groups is 11. The van der Waals surface area contributed by atoms with Crippen molar-refractivity contribution in [2.75, 3.05) is 26.4 Å². The number of nitrogens with one attached hydrogen (secondary N) is 1. The summed E-state index contributed by atoms with van der Waals surface area (Å²) in [6.45, 7) is 1.61. The lowest BCUT2D eigenvalue weighted by atomic mass is 9.96. The van der Waals surface area contributed by atoms with Crippen molar-refractivity contribution < 1.29 is 89.4 Å². The van der Waals surface area contributed by atoms with Crippen LogP contribution in [0.25, 0.3) is 0 Å². The van der Waals surface area contributed by atoms with Crippen LogP contribution >= 0.6 is 0 Å². The molecule has 17 atom stereocenters. The first-order chi connectivity index (χ1) is 41.3. The largest absolute Gasteiger partial charge is 0.394 e. The molecule has 17 unspecified atom stereocenters. The van der Waals surface area contributed by atoms with E-state index in [4.69, 9.17) is 28.4 Å². The summed E-state index contributed by atoms with van der Waals surface area (Å²) < 4.78 is 34.2. The lowest BCUT2D eigenvalue weighted by Gasteiger charge is -2.48. The Morgan fingerprint density at radius 3 is 1.27 bits per heavy atom. The summed E-state index contributed by atoms with van der Waals surface area (Å²) >= 11 is 0. The summed E-state index contributed by atoms with van der Waals surface area (Å²) in [6.07, 6.45) is 30.8. The Morgan fingerprint density at radius 2 is 0.812 bits per heavy atom. The third-order valence-corrected chi connectivity index (χ3v) is 16.4. The Balaban J connectivity index is 1.31. The zero-order valence-electron chi connectivity index (χ0n) is 51.8. The highest BCUT2D eigenvalue weighted by Gasteiger charge is 2.53. The Bertz CT molecular complexity index is 1780. The predicted molar refractivity (Wildman–Crippen MR) is 328 cm³/mol. The molecule has 0 aromatic rings. The Kier molecular flexibility index (Phi) is 43.7. The predicted octanol–water partition coefficient (Wildman–Crippen LogP) is 7.60. The fourth-order valence-electron chi connectivity index (χ4n) is 11.0. The second-order valence-electron chi connectivity index (χ2n) is 23.6. The zero-order valence-corrected chi connectivity index (χ0v) is 51.8. The van der Waals surface area contributed by atoms with Crippen molar-refractivity contribution in [3.8, 4) is 0 Å². The molecule has 19 nitrogen and oxygen atoms in total. The fourth-order valence-corrected chi connectivity index (χ4v) is 11.0. The number of hydrogen-bond donors (Lipinski definition) is 12. The number of rotatable bonds is 49. The van der Waals surface area contributed by atoms with Crippen LogP contribution in [0.2, 0.25) is 0 Å². The minimum atomic E-state index is -1.97. The maximum Gasteiger partial charge on any atom is 0.220 e. The van der Waals surface area contributed by atoms with Gasteiger partial charge in [-0.15, -0.1) is 0 Å². The van der Waals surface area contributed by atoms with Gasteiger partial charge < -0.3 is 89.9 Å². The summed E-state index contributed by atoms with van der Waals surface area (Å²) in [6, 6.07) is -0.885. The van der Waals surface area contributed by atoms with Gasteiger partial charge in [0.15, 0.2) is 18.9 Å². The standard InChI is InChI=1S/C66H117NO18/c1-3-5-7-9-11-12-13-14-15-16-17-18-19-20-21-22-23-24-25-26-27-28-29-30-31-32-33-34-35-36-38-40-42-44-54(72)67-49(50(71)43-41-39-37-10-8-6-4-2)48-80-64-60(78)57(75)62(52(46-69)82-64)85-66-61(79)58(76)63(53(47-70)83-66)84-65-59(77)56(74)55(73)51(45-68)81-65/h5,7,11-12,14-15,17-18,20-21,49-53,55-66,68-71,73-79H,3-4,6,8-10,13,16,19,22-48H2,1-2H3,(H,67,72)/b7-5-,12-11-,15-14-,18-17-,21-20-. The van der Waals surface area contributed by atoms with Crippen LogP contribution in [0.4, 0.5) is 0 Å². The molecule has 85 heavy (non-hydrogen) atoms. The molecule has 0 radical (unpaired) electrons. The summed E-state index contributed by atoms with van der Waals surface area (Å²) in [4.78, 5) is 13.3. The summed E-state index contributed by atoms with van der Waals surface area (Å²) in [7, 11) is 0. The SMILES string of the molecule is CC/C=C\C/C=C\C/C=C\C/C=C\C/C=C\CCCCCCCCCCCCCCCCCCCC(=O)NC(COC1OC(CO)C(OC2OC(CO)C(OC3OC(CO)C(O)C(O)C3O)C(O)C2O)C(O)C1O)C(O)CCCCCCCCC. The van der Waals surface area contributed by atoms with Gasteiger partial charge >= 0.3 is 0 Å². The van der Waals surface area contributed by atoms with Crippen LogP contribution in [-0.2, 0) is 33.2 Å². The lowest BCUT2D eigenvalue weighted by Crippen LogP contribution is -2.66. The van der Waals surface area contributed by atoms with Crippen molar-refractivity contribution in [1.29, 1.82) is 0 Å². The second-order valence-corrected chi connectivity index (χ2v) is 23.6. The van der Waals surface area contributed by atoms with Crippen LogP contribution in [0.1, 0.15) is 219 Å². The van der Waals surface area contributed by atoms with Gasteiger partial charge in [0.25, 0.3) is 0 Å². The quantitative estimate of drug-likeness (QED) is 0.0206. The topological polar surface area (TPSA) is 307 Å². The van der Waals surface area contributed by atoms with Crippen molar-refractivity contribution in [2.45, 2.75) is 324 Å². The molecule has 0 spiro atoms. The highest BCUT2D eigenvalue weighted by Crippen LogP contribution is 2.33. The minimum Gasteiger partial charge on any atom is -0.394 e. The number of allylic oxidation sites excluding steroid dienone is 10. The Hall–Kier alpha value is -2.51. The van der Waals surface area contributed by atoms with Crippen LogP contribution in [0.3, 0.4) is 0 Å². The summed E-state index contributed by atoms with van der Waals surface area (Å²) in [5, 5.41) is 120. The highest BCUT2D eigenvalue weighted by atomic mass is 16.8. The van der Waals surface area contributed by atoms with Crippen molar-refractivity contribution in [3.05, 3.63) is 60.8 Å². The molecule has 12 N–H and O–H groups in total. The van der Waals surface area contributed by atoms with E-state index in [2.05, 4.69) is 79.9 Å². The minimum absolute atomic E-state index is 0.248. The molecular formula is C66H117NO18. The van der Waals surface area contributed by atoms with Crippen LogP contribution < -0.4 is 5.32 Å². The molecule has 3 aliphatic rings. The fraction of sp³-hybridized carbons (Fsp3) is 0.833. The van der Waals surface area contributed by atoms with Gasteiger partial charge in [0.2, 0.25) is 5.91 Å². The smallest absolute Gasteiger partial charge is 0.220 e. The van der Waals surface area contributed by atoms with Crippen LogP contribution in [0.15, 0.2) is 60.8 Å². The maximum absolute atomic E-state index is 13.3. The zero-order chi connectivity index (χ0) is 61.9. The number of amides is 1. The third kappa shape index (κ3) is 31.2. The number of hydrogen-bond acceptors (Lipinski definition) is 18. The van der Waals surface area contributed by atoms with Crippen molar-refractivity contribution in [3.63, 3.8) is 0 Å². The molecule has 0 bridgehead atoms. The number of unbranched alkanes of at least 4 members (excludes halogenated alkanes) is 23. The number of ether oxygens (including phenoxy) is 6. The van der Waals surface area contributed by atoms with Crippen LogP contribution in [-0.4, -0.2) is 193 Å². The molecule has 19 heteroatoms. The van der Waals surface area contributed by atoms with E-state index in [9.17, 15) is 61.0 Å². The normalized spacial score (nSPS) is 29.4. The van der Waals surface area contributed by atoms with Gasteiger partial charge in [0.05, 0.1) is 38.6 Å². The van der Waals surface area contributed by atoms with Gasteiger partial charge in [-0.05, 0) is 57.8 Å². The molecule has 3 saturated heterocycles. The Morgan fingerprint density at radius 1 is 0.435 bits per heavy atom. The van der Waals surface area contributed by atoms with Crippen molar-refractivity contribution in [1.82, 2.24) is 5.32 Å². The number of carbonyl (C=O) groups is 1.